The molecule has 1 aromatic rings. The Labute approximate surface area is 118 Å². The van der Waals surface area contributed by atoms with E-state index in [9.17, 15) is 9.59 Å². The van der Waals surface area contributed by atoms with Crippen LogP contribution in [0.3, 0.4) is 0 Å². The summed E-state index contributed by atoms with van der Waals surface area (Å²) in [5, 5.41) is 11.4. The van der Waals surface area contributed by atoms with Gasteiger partial charge in [-0.05, 0) is 43.5 Å². The van der Waals surface area contributed by atoms with Crippen molar-refractivity contribution in [3.8, 4) is 5.75 Å². The van der Waals surface area contributed by atoms with Gasteiger partial charge in [0.05, 0.1) is 5.92 Å². The number of carbonyl (C=O) groups excluding carboxylic acids is 1. The molecule has 5 heteroatoms. The molecule has 0 aliphatic heterocycles. The van der Waals surface area contributed by atoms with Crippen LogP contribution in [0, 0.1) is 19.8 Å². The van der Waals surface area contributed by atoms with Crippen LogP contribution in [0.2, 0.25) is 0 Å². The largest absolute Gasteiger partial charge is 0.484 e. The number of hydrogen-bond acceptors (Lipinski definition) is 3. The number of carboxylic acid groups (broad SMARTS) is 1. The van der Waals surface area contributed by atoms with Crippen molar-refractivity contribution in [2.45, 2.75) is 27.2 Å². The Hall–Kier alpha value is -2.04. The van der Waals surface area contributed by atoms with E-state index < -0.39 is 11.9 Å². The molecule has 20 heavy (non-hydrogen) atoms. The molecule has 1 atom stereocenters. The van der Waals surface area contributed by atoms with Gasteiger partial charge in [0.1, 0.15) is 5.75 Å². The predicted molar refractivity (Wildman–Crippen MR) is 75.8 cm³/mol. The molecule has 0 aromatic heterocycles. The number of nitrogens with one attached hydrogen (secondary N) is 1. The Morgan fingerprint density at radius 2 is 1.85 bits per heavy atom. The number of rotatable bonds is 7. The van der Waals surface area contributed by atoms with E-state index in [4.69, 9.17) is 9.84 Å². The van der Waals surface area contributed by atoms with Crippen molar-refractivity contribution >= 4 is 11.9 Å². The molecule has 0 spiro atoms. The van der Waals surface area contributed by atoms with Crippen LogP contribution in [-0.4, -0.2) is 30.1 Å². The lowest BCUT2D eigenvalue weighted by Gasteiger charge is -2.10. The van der Waals surface area contributed by atoms with Gasteiger partial charge >= 0.3 is 5.97 Å². The van der Waals surface area contributed by atoms with E-state index in [-0.39, 0.29) is 12.5 Å². The van der Waals surface area contributed by atoms with Crippen LogP contribution in [0.5, 0.6) is 5.75 Å². The van der Waals surface area contributed by atoms with Gasteiger partial charge in [-0.3, -0.25) is 9.59 Å². The molecule has 0 saturated carbocycles. The number of amides is 1. The van der Waals surface area contributed by atoms with Crippen LogP contribution >= 0.6 is 0 Å². The zero-order chi connectivity index (χ0) is 15.1. The van der Waals surface area contributed by atoms with Gasteiger partial charge < -0.3 is 15.2 Å². The third kappa shape index (κ3) is 5.73. The number of ether oxygens (including phenoxy) is 1. The van der Waals surface area contributed by atoms with Crippen LogP contribution in [0.15, 0.2) is 18.2 Å². The van der Waals surface area contributed by atoms with Crippen LogP contribution in [-0.2, 0) is 9.59 Å². The molecule has 0 aliphatic rings. The minimum atomic E-state index is -0.856. The van der Waals surface area contributed by atoms with E-state index in [2.05, 4.69) is 5.32 Å². The average molecular weight is 279 g/mol. The molecule has 1 amide bonds. The summed E-state index contributed by atoms with van der Waals surface area (Å²) in [6, 6.07) is 5.76. The van der Waals surface area contributed by atoms with Gasteiger partial charge in [-0.25, -0.2) is 0 Å². The highest BCUT2D eigenvalue weighted by Gasteiger charge is 2.11. The Bertz CT molecular complexity index is 465. The summed E-state index contributed by atoms with van der Waals surface area (Å²) in [7, 11) is 0. The highest BCUT2D eigenvalue weighted by atomic mass is 16.5. The Balaban J connectivity index is 2.31. The predicted octanol–water partition coefficient (Wildman–Crippen LogP) is 1.91. The quantitative estimate of drug-likeness (QED) is 0.799. The third-order valence-corrected chi connectivity index (χ3v) is 2.89. The van der Waals surface area contributed by atoms with Crippen molar-refractivity contribution in [3.05, 3.63) is 29.3 Å². The van der Waals surface area contributed by atoms with Crippen molar-refractivity contribution in [1.29, 1.82) is 0 Å². The number of aryl methyl sites for hydroxylation is 2. The average Bonchev–Trinajstić information content (AvgIpc) is 2.35. The summed E-state index contributed by atoms with van der Waals surface area (Å²) in [6.07, 6.45) is 0.407. The third-order valence-electron chi connectivity index (χ3n) is 2.89. The van der Waals surface area contributed by atoms with E-state index >= 15 is 0 Å². The van der Waals surface area contributed by atoms with Crippen molar-refractivity contribution in [3.63, 3.8) is 0 Å². The molecule has 110 valence electrons. The van der Waals surface area contributed by atoms with Gasteiger partial charge in [-0.15, -0.1) is 0 Å². The van der Waals surface area contributed by atoms with Crippen LogP contribution < -0.4 is 10.1 Å². The Morgan fingerprint density at radius 3 is 2.40 bits per heavy atom. The fourth-order valence-corrected chi connectivity index (χ4v) is 1.77. The minimum Gasteiger partial charge on any atom is -0.484 e. The van der Waals surface area contributed by atoms with Gasteiger partial charge in [0, 0.05) is 6.54 Å². The summed E-state index contributed by atoms with van der Waals surface area (Å²) in [5.41, 5.74) is 2.16. The van der Waals surface area contributed by atoms with E-state index in [1.54, 1.807) is 6.92 Å². The smallest absolute Gasteiger partial charge is 0.306 e. The lowest BCUT2D eigenvalue weighted by molar-refractivity contribution is -0.141. The SMILES string of the molecule is Cc1cc(C)cc(OCC(=O)NCCC(C)C(=O)O)c1. The number of carboxylic acids is 1. The van der Waals surface area contributed by atoms with Gasteiger partial charge in [0.25, 0.3) is 5.91 Å². The summed E-state index contributed by atoms with van der Waals surface area (Å²) in [4.78, 5) is 22.2. The number of hydrogen-bond donors (Lipinski definition) is 2. The summed E-state index contributed by atoms with van der Waals surface area (Å²) in [6.45, 7) is 5.81. The molecule has 0 fully saturated rings. The van der Waals surface area contributed by atoms with Gasteiger partial charge in [-0.1, -0.05) is 13.0 Å². The maximum absolute atomic E-state index is 11.6. The fourth-order valence-electron chi connectivity index (χ4n) is 1.77. The highest BCUT2D eigenvalue weighted by Crippen LogP contribution is 2.15. The summed E-state index contributed by atoms with van der Waals surface area (Å²) < 4.78 is 5.41. The van der Waals surface area contributed by atoms with E-state index in [1.807, 2.05) is 32.0 Å². The number of aliphatic carboxylic acids is 1. The zero-order valence-corrected chi connectivity index (χ0v) is 12.1. The van der Waals surface area contributed by atoms with Crippen LogP contribution in [0.4, 0.5) is 0 Å². The first-order valence-electron chi connectivity index (χ1n) is 6.59. The molecule has 0 heterocycles. The lowest BCUT2D eigenvalue weighted by Crippen LogP contribution is -2.31. The molecule has 1 unspecified atom stereocenters. The van der Waals surface area contributed by atoms with Crippen molar-refractivity contribution < 1.29 is 19.4 Å². The monoisotopic (exact) mass is 279 g/mol. The van der Waals surface area contributed by atoms with Gasteiger partial charge in [0.2, 0.25) is 0 Å². The normalized spacial score (nSPS) is 11.8. The molecule has 5 nitrogen and oxygen atoms in total. The molecule has 0 bridgehead atoms. The summed E-state index contributed by atoms with van der Waals surface area (Å²) >= 11 is 0. The maximum atomic E-state index is 11.6. The van der Waals surface area contributed by atoms with E-state index in [0.717, 1.165) is 11.1 Å². The molecule has 0 aliphatic carbocycles. The molecule has 1 aromatic carbocycles. The van der Waals surface area contributed by atoms with Crippen molar-refractivity contribution in [2.75, 3.05) is 13.2 Å². The first kappa shape index (κ1) is 16.0. The Kier molecular flexibility index (Phi) is 6.03. The second-order valence-corrected chi connectivity index (χ2v) is 4.99. The molecule has 0 radical (unpaired) electrons. The Morgan fingerprint density at radius 1 is 1.25 bits per heavy atom. The molecular formula is C15H21NO4. The fraction of sp³-hybridized carbons (Fsp3) is 0.467. The lowest BCUT2D eigenvalue weighted by atomic mass is 10.1. The topological polar surface area (TPSA) is 75.6 Å². The van der Waals surface area contributed by atoms with Gasteiger partial charge in [0.15, 0.2) is 6.61 Å². The first-order chi connectivity index (χ1) is 9.38. The van der Waals surface area contributed by atoms with Crippen molar-refractivity contribution in [2.24, 2.45) is 5.92 Å². The number of carbonyl (C=O) groups is 2. The molecule has 2 N–H and O–H groups in total. The standard InChI is InChI=1S/C15H21NO4/c1-10-6-11(2)8-13(7-10)20-9-14(17)16-5-4-12(3)15(18)19/h6-8,12H,4-5,9H2,1-3H3,(H,16,17)(H,18,19). The van der Waals surface area contributed by atoms with E-state index in [1.165, 1.54) is 0 Å². The van der Waals surface area contributed by atoms with Crippen LogP contribution in [0.25, 0.3) is 0 Å². The van der Waals surface area contributed by atoms with Gasteiger partial charge in [-0.2, -0.15) is 0 Å². The molecule has 1 rings (SSSR count). The maximum Gasteiger partial charge on any atom is 0.306 e. The first-order valence-corrected chi connectivity index (χ1v) is 6.59. The van der Waals surface area contributed by atoms with E-state index in [0.29, 0.717) is 18.7 Å². The minimum absolute atomic E-state index is 0.0651. The van der Waals surface area contributed by atoms with Crippen LogP contribution in [0.1, 0.15) is 24.5 Å². The van der Waals surface area contributed by atoms with Crippen molar-refractivity contribution in [1.82, 2.24) is 5.32 Å². The molecule has 0 saturated heterocycles. The highest BCUT2D eigenvalue weighted by molar-refractivity contribution is 5.77. The summed E-state index contributed by atoms with van der Waals surface area (Å²) in [5.74, 6) is -0.903. The zero-order valence-electron chi connectivity index (χ0n) is 12.1. The second-order valence-electron chi connectivity index (χ2n) is 4.99. The molecular weight excluding hydrogens is 258 g/mol. The number of benzene rings is 1. The second kappa shape index (κ2) is 7.53.